The molecule has 0 saturated carbocycles. The van der Waals surface area contributed by atoms with Gasteiger partial charge in [-0.05, 0) is 38.5 Å². The molecule has 2 aromatic rings. The smallest absolute Gasteiger partial charge is 0.119 e. The molecule has 1 unspecified atom stereocenters. The summed E-state index contributed by atoms with van der Waals surface area (Å²) >= 11 is 0. The van der Waals surface area contributed by atoms with E-state index in [1.807, 2.05) is 47.3 Å². The highest BCUT2D eigenvalue weighted by molar-refractivity contribution is 5.20. The lowest BCUT2D eigenvalue weighted by Crippen LogP contribution is -2.38. The summed E-state index contributed by atoms with van der Waals surface area (Å²) in [5.41, 5.74) is 3.89. The quantitative estimate of drug-likeness (QED) is 0.578. The highest BCUT2D eigenvalue weighted by Gasteiger charge is 2.11. The fourth-order valence-corrected chi connectivity index (χ4v) is 2.11. The van der Waals surface area contributed by atoms with Crippen LogP contribution >= 0.6 is 0 Å². The first-order chi connectivity index (χ1) is 10.2. The average molecular weight is 288 g/mol. The van der Waals surface area contributed by atoms with E-state index < -0.39 is 0 Å². The first-order valence-corrected chi connectivity index (χ1v) is 7.37. The van der Waals surface area contributed by atoms with Gasteiger partial charge in [-0.1, -0.05) is 18.2 Å². The van der Waals surface area contributed by atoms with Crippen LogP contribution in [0.1, 0.15) is 32.0 Å². The molecule has 2 rings (SSSR count). The second-order valence-corrected chi connectivity index (χ2v) is 5.40. The number of ether oxygens (including phenoxy) is 1. The Hall–Kier alpha value is -1.85. The molecule has 114 valence electrons. The van der Waals surface area contributed by atoms with Gasteiger partial charge in [0.2, 0.25) is 0 Å². The summed E-state index contributed by atoms with van der Waals surface area (Å²) in [6, 6.07) is 12.4. The Morgan fingerprint density at radius 3 is 2.62 bits per heavy atom. The summed E-state index contributed by atoms with van der Waals surface area (Å²) in [4.78, 5) is 0. The molecule has 5 heteroatoms. The van der Waals surface area contributed by atoms with Crippen LogP contribution in [0.4, 0.5) is 0 Å². The lowest BCUT2D eigenvalue weighted by molar-refractivity contribution is 0.284. The Morgan fingerprint density at radius 2 is 2.00 bits per heavy atom. The SMILES string of the molecule is CC(C)n1ccc(CC(CCOc2ccccc2)NN)n1. The predicted molar refractivity (Wildman–Crippen MR) is 84.0 cm³/mol. The van der Waals surface area contributed by atoms with Gasteiger partial charge in [0, 0.05) is 24.7 Å². The molecule has 1 aromatic carbocycles. The van der Waals surface area contributed by atoms with Gasteiger partial charge in [0.25, 0.3) is 0 Å². The van der Waals surface area contributed by atoms with Gasteiger partial charge < -0.3 is 4.74 Å². The third kappa shape index (κ3) is 4.88. The number of hydrogen-bond donors (Lipinski definition) is 2. The molecule has 1 aromatic heterocycles. The van der Waals surface area contributed by atoms with E-state index in [9.17, 15) is 0 Å². The van der Waals surface area contributed by atoms with Gasteiger partial charge in [-0.15, -0.1) is 0 Å². The first kappa shape index (κ1) is 15.5. The topological polar surface area (TPSA) is 65.1 Å². The summed E-state index contributed by atoms with van der Waals surface area (Å²) in [5.74, 6) is 6.51. The Balaban J connectivity index is 1.79. The van der Waals surface area contributed by atoms with Gasteiger partial charge in [0.05, 0.1) is 12.3 Å². The standard InChI is InChI=1S/C16H24N4O/c1-13(2)20-10-8-15(19-20)12-14(18-17)9-11-21-16-6-4-3-5-7-16/h3-8,10,13-14,18H,9,11-12,17H2,1-2H3. The second kappa shape index (κ2) is 7.81. The van der Waals surface area contributed by atoms with Crippen molar-refractivity contribution in [2.75, 3.05) is 6.61 Å². The number of hydrazine groups is 1. The molecule has 0 fully saturated rings. The fourth-order valence-electron chi connectivity index (χ4n) is 2.11. The van der Waals surface area contributed by atoms with E-state index in [0.29, 0.717) is 12.6 Å². The van der Waals surface area contributed by atoms with Crippen LogP contribution in [-0.2, 0) is 6.42 Å². The fraction of sp³-hybridized carbons (Fsp3) is 0.438. The Kier molecular flexibility index (Phi) is 5.78. The Morgan fingerprint density at radius 1 is 1.24 bits per heavy atom. The van der Waals surface area contributed by atoms with Crippen LogP contribution in [0.2, 0.25) is 0 Å². The van der Waals surface area contributed by atoms with Crippen molar-refractivity contribution < 1.29 is 4.74 Å². The maximum absolute atomic E-state index is 5.70. The summed E-state index contributed by atoms with van der Waals surface area (Å²) < 4.78 is 7.66. The minimum absolute atomic E-state index is 0.157. The molecule has 0 amide bonds. The predicted octanol–water partition coefficient (Wildman–Crippen LogP) is 2.31. The molecule has 1 atom stereocenters. The molecule has 3 N–H and O–H groups in total. The summed E-state index contributed by atoms with van der Waals surface area (Å²) in [7, 11) is 0. The second-order valence-electron chi connectivity index (χ2n) is 5.40. The van der Waals surface area contributed by atoms with Crippen molar-refractivity contribution in [1.82, 2.24) is 15.2 Å². The molecule has 0 saturated heterocycles. The van der Waals surface area contributed by atoms with Gasteiger partial charge >= 0.3 is 0 Å². The van der Waals surface area contributed by atoms with Gasteiger partial charge in [0.15, 0.2) is 0 Å². The van der Waals surface area contributed by atoms with Crippen LogP contribution < -0.4 is 16.0 Å². The number of para-hydroxylation sites is 1. The largest absolute Gasteiger partial charge is 0.494 e. The van der Waals surface area contributed by atoms with Crippen LogP contribution in [0, 0.1) is 0 Å². The van der Waals surface area contributed by atoms with E-state index in [-0.39, 0.29) is 6.04 Å². The molecule has 0 aliphatic carbocycles. The number of hydrogen-bond acceptors (Lipinski definition) is 4. The zero-order chi connectivity index (χ0) is 15.1. The lowest BCUT2D eigenvalue weighted by Gasteiger charge is -2.15. The van der Waals surface area contributed by atoms with Crippen LogP contribution in [0.25, 0.3) is 0 Å². The van der Waals surface area contributed by atoms with Gasteiger partial charge in [-0.2, -0.15) is 5.10 Å². The number of nitrogens with zero attached hydrogens (tertiary/aromatic N) is 2. The number of rotatable bonds is 8. The minimum atomic E-state index is 0.157. The molecule has 5 nitrogen and oxygen atoms in total. The molecule has 0 aliphatic rings. The molecule has 21 heavy (non-hydrogen) atoms. The average Bonchev–Trinajstić information content (AvgIpc) is 2.96. The molecule has 0 bridgehead atoms. The molecular weight excluding hydrogens is 264 g/mol. The van der Waals surface area contributed by atoms with E-state index in [1.54, 1.807) is 0 Å². The maximum atomic E-state index is 5.70. The molecule has 0 aliphatic heterocycles. The molecule has 1 heterocycles. The van der Waals surface area contributed by atoms with E-state index in [0.717, 1.165) is 24.3 Å². The van der Waals surface area contributed by atoms with Crippen molar-refractivity contribution in [1.29, 1.82) is 0 Å². The number of benzene rings is 1. The highest BCUT2D eigenvalue weighted by Crippen LogP contribution is 2.11. The Labute approximate surface area is 126 Å². The summed E-state index contributed by atoms with van der Waals surface area (Å²) in [5, 5.41) is 4.54. The Bertz CT molecular complexity index is 524. The van der Waals surface area contributed by atoms with Gasteiger partial charge in [-0.3, -0.25) is 16.0 Å². The summed E-state index contributed by atoms with van der Waals surface area (Å²) in [6.07, 6.45) is 3.64. The van der Waals surface area contributed by atoms with Crippen molar-refractivity contribution in [2.24, 2.45) is 5.84 Å². The van der Waals surface area contributed by atoms with Crippen LogP contribution in [0.15, 0.2) is 42.6 Å². The zero-order valence-corrected chi connectivity index (χ0v) is 12.7. The summed E-state index contributed by atoms with van der Waals surface area (Å²) in [6.45, 7) is 4.86. The van der Waals surface area contributed by atoms with Crippen molar-refractivity contribution in [3.05, 3.63) is 48.3 Å². The highest BCUT2D eigenvalue weighted by atomic mass is 16.5. The normalized spacial score (nSPS) is 12.6. The maximum Gasteiger partial charge on any atom is 0.119 e. The van der Waals surface area contributed by atoms with Gasteiger partial charge in [-0.25, -0.2) is 0 Å². The lowest BCUT2D eigenvalue weighted by atomic mass is 10.1. The van der Waals surface area contributed by atoms with Crippen LogP contribution in [0.5, 0.6) is 5.75 Å². The molecule has 0 radical (unpaired) electrons. The van der Waals surface area contributed by atoms with E-state index >= 15 is 0 Å². The van der Waals surface area contributed by atoms with E-state index in [2.05, 4.69) is 24.4 Å². The zero-order valence-electron chi connectivity index (χ0n) is 12.7. The number of aromatic nitrogens is 2. The third-order valence-electron chi connectivity index (χ3n) is 3.36. The van der Waals surface area contributed by atoms with Crippen LogP contribution in [0.3, 0.4) is 0 Å². The third-order valence-corrected chi connectivity index (χ3v) is 3.36. The van der Waals surface area contributed by atoms with Crippen LogP contribution in [-0.4, -0.2) is 22.4 Å². The number of nitrogens with one attached hydrogen (secondary N) is 1. The number of nitrogens with two attached hydrogens (primary N) is 1. The van der Waals surface area contributed by atoms with Crippen molar-refractivity contribution in [3.63, 3.8) is 0 Å². The van der Waals surface area contributed by atoms with E-state index in [1.165, 1.54) is 0 Å². The minimum Gasteiger partial charge on any atom is -0.494 e. The first-order valence-electron chi connectivity index (χ1n) is 7.37. The molecular formula is C16H24N4O. The van der Waals surface area contributed by atoms with Crippen molar-refractivity contribution in [3.8, 4) is 5.75 Å². The van der Waals surface area contributed by atoms with E-state index in [4.69, 9.17) is 10.6 Å². The van der Waals surface area contributed by atoms with Gasteiger partial charge in [0.1, 0.15) is 5.75 Å². The van der Waals surface area contributed by atoms with Crippen molar-refractivity contribution >= 4 is 0 Å². The van der Waals surface area contributed by atoms with Crippen molar-refractivity contribution in [2.45, 2.75) is 38.8 Å². The molecule has 0 spiro atoms. The monoisotopic (exact) mass is 288 g/mol.